The topological polar surface area (TPSA) is 0 Å². The maximum Gasteiger partial charge on any atom is 0.0629 e. The van der Waals surface area contributed by atoms with E-state index in [4.69, 9.17) is 23.3 Å². The fraction of sp³-hybridized carbons (Fsp3) is 0. The zero-order valence-electron chi connectivity index (χ0n) is 39.5. The van der Waals surface area contributed by atoms with Gasteiger partial charge in [0.15, 0.2) is 0 Å². The van der Waals surface area contributed by atoms with Crippen LogP contribution < -0.4 is 0 Å². The SMILES string of the molecule is [2H]c1c([2H])c([2H])c(-c2cccc3c(-c4c([2H])c([2H])c([2H])c5c([2H])c([2H])c([2H])c([2H])c45)c4ccccc4c(-c4c([2H])c([2H])c([2H])c5c([2H])c([2H])c([2H])c([2H])c45)c23)c([2H])c1[2H]. The highest BCUT2D eigenvalue weighted by Crippen LogP contribution is 2.49. The lowest BCUT2D eigenvalue weighted by molar-refractivity contribution is 1.64. The predicted molar refractivity (Wildman–Crippen MR) is 173 cm³/mol. The van der Waals surface area contributed by atoms with Gasteiger partial charge in [-0.3, -0.25) is 0 Å². The van der Waals surface area contributed by atoms with Crippen molar-refractivity contribution < 1.29 is 26.0 Å². The highest BCUT2D eigenvalue weighted by molar-refractivity contribution is 6.27. The molecule has 40 heavy (non-hydrogen) atoms. The van der Waals surface area contributed by atoms with E-state index in [-0.39, 0.29) is 76.5 Å². The van der Waals surface area contributed by atoms with Gasteiger partial charge in [0, 0.05) is 0 Å². The van der Waals surface area contributed by atoms with Gasteiger partial charge in [0.1, 0.15) is 0 Å². The summed E-state index contributed by atoms with van der Waals surface area (Å²) in [5.41, 5.74) is -0.733. The van der Waals surface area contributed by atoms with Gasteiger partial charge in [-0.15, -0.1) is 0 Å². The van der Waals surface area contributed by atoms with Gasteiger partial charge in [0.05, 0.1) is 26.0 Å². The second-order valence-electron chi connectivity index (χ2n) is 9.02. The van der Waals surface area contributed by atoms with Gasteiger partial charge < -0.3 is 0 Å². The molecule has 0 spiro atoms. The van der Waals surface area contributed by atoms with Crippen molar-refractivity contribution in [2.75, 3.05) is 0 Å². The standard InChI is InChI=1S/C40H26/c1-2-13-29(14-3-1)32-23-12-26-37-38(33-24-10-17-27-15-4-6-19-30(27)33)35-21-8-9-22-36(35)40(39(32)37)34-25-11-18-28-16-5-7-20-31(28)34/h1-26H/i1D,2D,3D,4D,5D,6D,7D,10D,11D,13D,14D,15D,16D,17D,18D,19D,20D,24D,25D. The molecule has 0 atom stereocenters. The van der Waals surface area contributed by atoms with Crippen LogP contribution in [0.2, 0.25) is 0 Å². The summed E-state index contributed by atoms with van der Waals surface area (Å²) in [6, 6.07) is -1.62. The van der Waals surface area contributed by atoms with Crippen LogP contribution in [0.3, 0.4) is 0 Å². The molecule has 0 amide bonds. The molecule has 8 rings (SSSR count). The summed E-state index contributed by atoms with van der Waals surface area (Å²) >= 11 is 0. The molecular formula is C40H26. The first-order chi connectivity index (χ1) is 27.8. The lowest BCUT2D eigenvalue weighted by atomic mass is 9.81. The van der Waals surface area contributed by atoms with E-state index < -0.39 is 115 Å². The van der Waals surface area contributed by atoms with Crippen molar-refractivity contribution in [1.29, 1.82) is 0 Å². The number of fused-ring (bicyclic) bond motifs is 4. The van der Waals surface area contributed by atoms with Crippen molar-refractivity contribution in [3.8, 4) is 33.4 Å². The highest BCUT2D eigenvalue weighted by atomic mass is 14.2. The third kappa shape index (κ3) is 3.47. The molecule has 0 N–H and O–H groups in total. The first-order valence-electron chi connectivity index (χ1n) is 21.8. The lowest BCUT2D eigenvalue weighted by Crippen LogP contribution is -1.94. The Kier molecular flexibility index (Phi) is 2.48. The van der Waals surface area contributed by atoms with Gasteiger partial charge in [-0.25, -0.2) is 0 Å². The van der Waals surface area contributed by atoms with Crippen molar-refractivity contribution >= 4 is 43.1 Å². The van der Waals surface area contributed by atoms with E-state index in [1.54, 1.807) is 24.3 Å². The number of rotatable bonds is 3. The van der Waals surface area contributed by atoms with Crippen LogP contribution in [-0.2, 0) is 0 Å². The van der Waals surface area contributed by atoms with E-state index in [0.717, 1.165) is 0 Å². The predicted octanol–water partition coefficient (Wildman–Crippen LogP) is 11.3. The third-order valence-corrected chi connectivity index (χ3v) is 6.94. The highest BCUT2D eigenvalue weighted by Gasteiger charge is 2.21. The number of hydrogen-bond acceptors (Lipinski definition) is 0. The number of benzene rings is 8. The fourth-order valence-electron chi connectivity index (χ4n) is 5.35. The van der Waals surface area contributed by atoms with E-state index in [2.05, 4.69) is 0 Å². The molecule has 0 nitrogen and oxygen atoms in total. The Morgan fingerprint density at radius 3 is 1.55 bits per heavy atom. The van der Waals surface area contributed by atoms with Crippen molar-refractivity contribution in [2.45, 2.75) is 0 Å². The van der Waals surface area contributed by atoms with Gasteiger partial charge in [-0.2, -0.15) is 0 Å². The average molecular weight is 526 g/mol. The molecule has 0 unspecified atom stereocenters. The molecule has 0 bridgehead atoms. The monoisotopic (exact) mass is 525 g/mol. The summed E-state index contributed by atoms with van der Waals surface area (Å²) < 4.78 is 167. The second-order valence-corrected chi connectivity index (χ2v) is 9.02. The van der Waals surface area contributed by atoms with Crippen LogP contribution in [0.1, 0.15) is 26.0 Å². The molecule has 0 radical (unpaired) electrons. The van der Waals surface area contributed by atoms with Crippen LogP contribution in [0.5, 0.6) is 0 Å². The summed E-state index contributed by atoms with van der Waals surface area (Å²) in [4.78, 5) is 0. The van der Waals surface area contributed by atoms with Gasteiger partial charge in [-0.05, 0) is 76.5 Å². The summed E-state index contributed by atoms with van der Waals surface area (Å²) in [6.07, 6.45) is 0. The summed E-state index contributed by atoms with van der Waals surface area (Å²) in [7, 11) is 0. The molecule has 186 valence electrons. The van der Waals surface area contributed by atoms with Crippen LogP contribution >= 0.6 is 0 Å². The molecule has 0 aliphatic carbocycles. The Hall–Kier alpha value is -5.20. The molecule has 0 fully saturated rings. The Labute approximate surface area is 260 Å². The van der Waals surface area contributed by atoms with Crippen LogP contribution in [0.25, 0.3) is 76.5 Å². The third-order valence-electron chi connectivity index (χ3n) is 6.94. The molecule has 0 aliphatic rings. The smallest absolute Gasteiger partial charge is 0.0622 e. The summed E-state index contributed by atoms with van der Waals surface area (Å²) in [5, 5.41) is -0.783. The van der Waals surface area contributed by atoms with Crippen LogP contribution in [0.4, 0.5) is 0 Å². The van der Waals surface area contributed by atoms with Crippen LogP contribution in [-0.4, -0.2) is 0 Å². The second kappa shape index (κ2) is 9.22. The van der Waals surface area contributed by atoms with E-state index in [0.29, 0.717) is 0 Å². The maximum absolute atomic E-state index is 9.38. The molecule has 0 saturated heterocycles. The fourth-order valence-corrected chi connectivity index (χ4v) is 5.35. The quantitative estimate of drug-likeness (QED) is 0.201. The molecule has 0 aliphatic heterocycles. The van der Waals surface area contributed by atoms with Gasteiger partial charge in [0.2, 0.25) is 0 Å². The summed E-state index contributed by atoms with van der Waals surface area (Å²) in [5.74, 6) is 0. The Bertz CT molecular complexity index is 3220. The Morgan fingerprint density at radius 2 is 0.875 bits per heavy atom. The van der Waals surface area contributed by atoms with Gasteiger partial charge in [-0.1, -0.05) is 157 Å². The van der Waals surface area contributed by atoms with Crippen LogP contribution in [0, 0.1) is 0 Å². The lowest BCUT2D eigenvalue weighted by Gasteiger charge is -2.22. The van der Waals surface area contributed by atoms with Crippen LogP contribution in [0.15, 0.2) is 157 Å². The van der Waals surface area contributed by atoms with Crippen molar-refractivity contribution in [1.82, 2.24) is 0 Å². The normalized spacial score (nSPS) is 18.1. The molecule has 8 aromatic carbocycles. The average Bonchev–Trinajstić information content (AvgIpc) is 3.22. The largest absolute Gasteiger partial charge is 0.0629 e. The van der Waals surface area contributed by atoms with Gasteiger partial charge >= 0.3 is 0 Å². The Morgan fingerprint density at radius 1 is 0.350 bits per heavy atom. The molecular weight excluding hydrogens is 480 g/mol. The zero-order valence-corrected chi connectivity index (χ0v) is 20.5. The molecule has 0 aromatic heterocycles. The first kappa shape index (κ1) is 10.8. The molecule has 0 heteroatoms. The minimum Gasteiger partial charge on any atom is -0.0622 e. The minimum atomic E-state index is -0.700. The summed E-state index contributed by atoms with van der Waals surface area (Å²) in [6.45, 7) is 0. The van der Waals surface area contributed by atoms with Crippen molar-refractivity contribution in [3.63, 3.8) is 0 Å². The van der Waals surface area contributed by atoms with E-state index in [1.165, 1.54) is 18.2 Å². The minimum absolute atomic E-state index is 0.00348. The molecule has 8 aromatic rings. The van der Waals surface area contributed by atoms with E-state index >= 15 is 0 Å². The zero-order chi connectivity index (χ0) is 43.0. The molecule has 0 heterocycles. The van der Waals surface area contributed by atoms with Gasteiger partial charge in [0.25, 0.3) is 0 Å². The molecule has 0 saturated carbocycles. The van der Waals surface area contributed by atoms with E-state index in [9.17, 15) is 2.74 Å². The first-order valence-corrected chi connectivity index (χ1v) is 12.3. The van der Waals surface area contributed by atoms with Crippen molar-refractivity contribution in [3.05, 3.63) is 157 Å². The van der Waals surface area contributed by atoms with E-state index in [1.807, 2.05) is 0 Å². The number of hydrogen-bond donors (Lipinski definition) is 0. The Balaban J connectivity index is 1.78. The maximum atomic E-state index is 9.38. The van der Waals surface area contributed by atoms with Crippen molar-refractivity contribution in [2.24, 2.45) is 0 Å².